The summed E-state index contributed by atoms with van der Waals surface area (Å²) in [6, 6.07) is 0. The molecule has 0 aromatic carbocycles. The molecule has 1 fully saturated rings. The topological polar surface area (TPSA) is 54.4 Å². The van der Waals surface area contributed by atoms with Gasteiger partial charge in [-0.3, -0.25) is 4.79 Å². The van der Waals surface area contributed by atoms with Crippen LogP contribution in [0.2, 0.25) is 0 Å². The third kappa shape index (κ3) is 2.15. The van der Waals surface area contributed by atoms with Crippen molar-refractivity contribution in [1.29, 1.82) is 0 Å². The van der Waals surface area contributed by atoms with Gasteiger partial charge in [0.2, 0.25) is 16.3 Å². The molecule has 1 aliphatic carbocycles. The highest BCUT2D eigenvalue weighted by Gasteiger charge is 2.45. The van der Waals surface area contributed by atoms with Gasteiger partial charge >= 0.3 is 5.97 Å². The van der Waals surface area contributed by atoms with Crippen molar-refractivity contribution in [2.75, 3.05) is 0 Å². The molecular weight excluding hydrogens is 251 g/mol. The monoisotopic (exact) mass is 260 g/mol. The molecule has 2 radical (unpaired) electrons. The number of carbonyl (C=O) groups excluding carboxylic acids is 1. The Kier molecular flexibility index (Phi) is 3.56. The van der Waals surface area contributed by atoms with Crippen molar-refractivity contribution in [1.82, 2.24) is 0 Å². The summed E-state index contributed by atoms with van der Waals surface area (Å²) in [5.41, 5.74) is 0. The maximum atomic E-state index is 11.3. The van der Waals surface area contributed by atoms with Gasteiger partial charge in [-0.2, -0.15) is 0 Å². The van der Waals surface area contributed by atoms with Gasteiger partial charge in [0.25, 0.3) is 0 Å². The first-order valence-electron chi connectivity index (χ1n) is 4.20. The number of aliphatic carboxylic acids is 1. The Morgan fingerprint density at radius 3 is 2.46 bits per heavy atom. The molecule has 0 saturated heterocycles. The summed E-state index contributed by atoms with van der Waals surface area (Å²) in [4.78, 5) is 22.2. The minimum absolute atomic E-state index is 0.153. The lowest BCUT2D eigenvalue weighted by Gasteiger charge is -2.36. The molecule has 0 heterocycles. The molecule has 1 saturated carbocycles. The molecule has 70 valence electrons. The van der Waals surface area contributed by atoms with Crippen molar-refractivity contribution in [2.24, 2.45) is 5.92 Å². The van der Waals surface area contributed by atoms with Gasteiger partial charge in [-0.05, 0) is 12.8 Å². The second kappa shape index (κ2) is 4.12. The van der Waals surface area contributed by atoms with Crippen LogP contribution < -0.4 is 0 Å². The van der Waals surface area contributed by atoms with E-state index in [4.69, 9.17) is 5.11 Å². The van der Waals surface area contributed by atoms with Crippen LogP contribution in [0.15, 0.2) is 0 Å². The van der Waals surface area contributed by atoms with E-state index in [2.05, 4.69) is 32.2 Å². The number of hydrogen-bond donors (Lipinski definition) is 1. The zero-order valence-corrected chi connectivity index (χ0v) is 9.87. The summed E-state index contributed by atoms with van der Waals surface area (Å²) >= 11 is 5.35. The van der Waals surface area contributed by atoms with Gasteiger partial charge in [-0.25, -0.2) is 0 Å². The zero-order valence-electron chi connectivity index (χ0n) is 7.12. The van der Waals surface area contributed by atoms with Crippen LogP contribution in [0, 0.1) is 5.92 Å². The quantitative estimate of drug-likeness (QED) is 0.598. The van der Waals surface area contributed by atoms with Crippen LogP contribution in [-0.4, -0.2) is 36.3 Å². The fourth-order valence-corrected chi connectivity index (χ4v) is 2.80. The van der Waals surface area contributed by atoms with Gasteiger partial charge in [0.1, 0.15) is 0 Å². The Morgan fingerprint density at radius 2 is 2.08 bits per heavy atom. The Hall–Kier alpha value is 0.152. The first-order valence-corrected chi connectivity index (χ1v) is 5.57. The van der Waals surface area contributed by atoms with Crippen LogP contribution >= 0.6 is 15.9 Å². The Labute approximate surface area is 93.4 Å². The van der Waals surface area contributed by atoms with Crippen LogP contribution in [0.4, 0.5) is 0 Å². The SMILES string of the molecule is O=C(O)C1CCCCC1(Br)[C](=O)[Al]. The number of hydrogen-bond acceptors (Lipinski definition) is 2. The molecule has 0 aromatic rings. The zero-order chi connectivity index (χ0) is 10.1. The van der Waals surface area contributed by atoms with Crippen molar-refractivity contribution in [3.8, 4) is 0 Å². The summed E-state index contributed by atoms with van der Waals surface area (Å²) < 4.78 is -0.999. The highest BCUT2D eigenvalue weighted by atomic mass is 79.9. The number of alkyl halides is 1. The lowest BCUT2D eigenvalue weighted by atomic mass is 9.79. The van der Waals surface area contributed by atoms with Crippen molar-refractivity contribution in [2.45, 2.75) is 30.0 Å². The van der Waals surface area contributed by atoms with Crippen LogP contribution in [0.3, 0.4) is 0 Å². The number of halogens is 1. The van der Waals surface area contributed by atoms with E-state index in [0.29, 0.717) is 12.8 Å². The van der Waals surface area contributed by atoms with Gasteiger partial charge in [0.15, 0.2) is 0 Å². The molecule has 2 unspecified atom stereocenters. The molecule has 0 spiro atoms. The fourth-order valence-electron chi connectivity index (χ4n) is 1.75. The van der Waals surface area contributed by atoms with E-state index in [1.165, 1.54) is 0 Å². The third-order valence-electron chi connectivity index (χ3n) is 2.54. The minimum atomic E-state index is -0.882. The van der Waals surface area contributed by atoms with E-state index in [1.54, 1.807) is 0 Å². The second-order valence-electron chi connectivity index (χ2n) is 3.36. The third-order valence-corrected chi connectivity index (χ3v) is 4.82. The molecule has 0 aromatic heterocycles. The molecule has 1 aliphatic rings. The number of carbonyl (C=O) groups is 2. The lowest BCUT2D eigenvalue weighted by Crippen LogP contribution is -2.46. The Balaban J connectivity index is 2.89. The first-order chi connectivity index (χ1) is 5.98. The van der Waals surface area contributed by atoms with E-state index in [9.17, 15) is 9.59 Å². The number of rotatable bonds is 2. The molecule has 1 N–H and O–H groups in total. The molecule has 1 rings (SSSR count). The van der Waals surface area contributed by atoms with Crippen LogP contribution in [0.5, 0.6) is 0 Å². The molecule has 13 heavy (non-hydrogen) atoms. The minimum Gasteiger partial charge on any atom is -0.481 e. The summed E-state index contributed by atoms with van der Waals surface area (Å²) in [7, 11) is 0. The van der Waals surface area contributed by atoms with E-state index in [1.807, 2.05) is 0 Å². The van der Waals surface area contributed by atoms with Gasteiger partial charge in [0.05, 0.1) is 10.2 Å². The predicted molar refractivity (Wildman–Crippen MR) is 52.0 cm³/mol. The maximum Gasteiger partial charge on any atom is 0.308 e. The number of carboxylic acid groups (broad SMARTS) is 1. The van der Waals surface area contributed by atoms with Crippen molar-refractivity contribution in [3.63, 3.8) is 0 Å². The molecule has 5 heteroatoms. The van der Waals surface area contributed by atoms with Gasteiger partial charge in [0, 0.05) is 4.65 Å². The normalized spacial score (nSPS) is 34.1. The molecule has 3 nitrogen and oxygen atoms in total. The van der Waals surface area contributed by atoms with Crippen molar-refractivity contribution >= 4 is 42.8 Å². The maximum absolute atomic E-state index is 11.3. The number of carboxylic acids is 1. The van der Waals surface area contributed by atoms with Crippen molar-refractivity contribution < 1.29 is 14.7 Å². The summed E-state index contributed by atoms with van der Waals surface area (Å²) in [6.07, 6.45) is 3.00. The largest absolute Gasteiger partial charge is 0.481 e. The van der Waals surface area contributed by atoms with Crippen LogP contribution in [0.25, 0.3) is 0 Å². The molecule has 0 amide bonds. The smallest absolute Gasteiger partial charge is 0.308 e. The molecule has 0 bridgehead atoms. The average molecular weight is 261 g/mol. The van der Waals surface area contributed by atoms with Gasteiger partial charge < -0.3 is 9.90 Å². The highest BCUT2D eigenvalue weighted by Crippen LogP contribution is 2.41. The summed E-state index contributed by atoms with van der Waals surface area (Å²) in [5.74, 6) is -1.46. The molecular formula is C8H10AlBrO3. The fraction of sp³-hybridized carbons (Fsp3) is 0.750. The van der Waals surface area contributed by atoms with Gasteiger partial charge in [-0.15, -0.1) is 0 Å². The van der Waals surface area contributed by atoms with E-state index < -0.39 is 16.2 Å². The Morgan fingerprint density at radius 1 is 1.46 bits per heavy atom. The highest BCUT2D eigenvalue weighted by molar-refractivity contribution is 9.10. The molecule has 0 aliphatic heterocycles. The van der Waals surface area contributed by atoms with Crippen LogP contribution in [-0.2, 0) is 9.59 Å². The van der Waals surface area contributed by atoms with E-state index in [-0.39, 0.29) is 4.65 Å². The van der Waals surface area contributed by atoms with E-state index >= 15 is 0 Å². The first kappa shape index (κ1) is 11.2. The van der Waals surface area contributed by atoms with Gasteiger partial charge in [-0.1, -0.05) is 28.8 Å². The summed E-state index contributed by atoms with van der Waals surface area (Å²) in [6.45, 7) is 0. The standard InChI is InChI=1S/C8H10BrO3.Al/c9-8(5-10)4-2-1-3-6(8)7(11)12;/h6H,1-4H2,(H,11,12);. The molecule has 2 atom stereocenters. The van der Waals surface area contributed by atoms with Crippen molar-refractivity contribution in [3.05, 3.63) is 0 Å². The Bertz CT molecular complexity index is 244. The second-order valence-corrected chi connectivity index (χ2v) is 5.30. The van der Waals surface area contributed by atoms with Crippen LogP contribution in [0.1, 0.15) is 25.7 Å². The van der Waals surface area contributed by atoms with E-state index in [0.717, 1.165) is 12.8 Å². The predicted octanol–water partition coefficient (Wildman–Crippen LogP) is 1.09. The lowest BCUT2D eigenvalue weighted by molar-refractivity contribution is -0.145. The summed E-state index contributed by atoms with van der Waals surface area (Å²) in [5, 5.41) is 8.93. The average Bonchev–Trinajstić information content (AvgIpc) is 2.04.